The number of hydrogen-bond donors (Lipinski definition) is 1. The van der Waals surface area contributed by atoms with Gasteiger partial charge in [0, 0.05) is 30.8 Å². The van der Waals surface area contributed by atoms with Gasteiger partial charge in [0.05, 0.1) is 12.1 Å². The molecule has 1 N–H and O–H groups in total. The third-order valence-electron chi connectivity index (χ3n) is 4.45. The molecule has 136 valence electrons. The van der Waals surface area contributed by atoms with Crippen molar-refractivity contribution in [1.82, 2.24) is 9.88 Å². The van der Waals surface area contributed by atoms with E-state index in [2.05, 4.69) is 10.3 Å². The smallest absolute Gasteiger partial charge is 0.253 e. The molecule has 1 fully saturated rings. The number of nitrogens with one attached hydrogen (secondary N) is 1. The third kappa shape index (κ3) is 4.32. The monoisotopic (exact) mass is 373 g/mol. The number of methoxy groups -OCH3 is 1. The second-order valence-electron chi connectivity index (χ2n) is 6.15. The van der Waals surface area contributed by atoms with E-state index in [1.807, 2.05) is 0 Å². The quantitative estimate of drug-likeness (QED) is 0.893. The zero-order valence-electron chi connectivity index (χ0n) is 14.4. The highest BCUT2D eigenvalue weighted by molar-refractivity contribution is 6.30. The number of benzene rings is 1. The van der Waals surface area contributed by atoms with Gasteiger partial charge in [-0.25, -0.2) is 4.98 Å². The van der Waals surface area contributed by atoms with Gasteiger partial charge in [0.25, 0.3) is 5.91 Å². The first-order valence-electron chi connectivity index (χ1n) is 8.42. The highest BCUT2D eigenvalue weighted by Gasteiger charge is 2.28. The van der Waals surface area contributed by atoms with E-state index >= 15 is 0 Å². The van der Waals surface area contributed by atoms with Crippen molar-refractivity contribution in [3.8, 4) is 5.75 Å². The van der Waals surface area contributed by atoms with E-state index in [1.54, 1.807) is 48.4 Å². The molecule has 7 heteroatoms. The Balaban J connectivity index is 1.55. The molecule has 1 aromatic carbocycles. The van der Waals surface area contributed by atoms with Gasteiger partial charge < -0.3 is 15.0 Å². The van der Waals surface area contributed by atoms with Crippen LogP contribution in [0.4, 0.5) is 5.82 Å². The van der Waals surface area contributed by atoms with Crippen LogP contribution >= 0.6 is 11.6 Å². The Kier molecular flexibility index (Phi) is 5.73. The zero-order chi connectivity index (χ0) is 18.5. The number of nitrogens with zero attached hydrogens (tertiary/aromatic N) is 2. The van der Waals surface area contributed by atoms with Crippen molar-refractivity contribution >= 4 is 29.2 Å². The molecule has 0 atom stereocenters. The van der Waals surface area contributed by atoms with E-state index in [9.17, 15) is 9.59 Å². The van der Waals surface area contributed by atoms with Crippen molar-refractivity contribution in [3.05, 3.63) is 53.2 Å². The Labute approximate surface area is 157 Å². The van der Waals surface area contributed by atoms with Crippen LogP contribution in [0.25, 0.3) is 0 Å². The molecule has 0 saturated carbocycles. The Morgan fingerprint density at radius 3 is 2.65 bits per heavy atom. The molecule has 1 aliphatic heterocycles. The molecule has 0 unspecified atom stereocenters. The fraction of sp³-hybridized carbons (Fsp3) is 0.316. The Morgan fingerprint density at radius 2 is 2.00 bits per heavy atom. The van der Waals surface area contributed by atoms with Gasteiger partial charge in [-0.15, -0.1) is 0 Å². The summed E-state index contributed by atoms with van der Waals surface area (Å²) in [7, 11) is 1.57. The lowest BCUT2D eigenvalue weighted by molar-refractivity contribution is -0.121. The predicted octanol–water partition coefficient (Wildman–Crippen LogP) is 3.23. The molecule has 1 saturated heterocycles. The summed E-state index contributed by atoms with van der Waals surface area (Å²) in [5.74, 6) is 0.882. The van der Waals surface area contributed by atoms with Crippen LogP contribution in [0.5, 0.6) is 5.75 Å². The zero-order valence-corrected chi connectivity index (χ0v) is 15.2. The number of anilines is 1. The number of halogens is 1. The van der Waals surface area contributed by atoms with Gasteiger partial charge in [-0.3, -0.25) is 9.59 Å². The lowest BCUT2D eigenvalue weighted by Crippen LogP contribution is -2.41. The second kappa shape index (κ2) is 8.19. The molecule has 0 bridgehead atoms. The first kappa shape index (κ1) is 18.2. The molecule has 2 aromatic rings. The van der Waals surface area contributed by atoms with Gasteiger partial charge in [0.1, 0.15) is 11.6 Å². The number of rotatable bonds is 4. The van der Waals surface area contributed by atoms with E-state index in [0.717, 1.165) is 0 Å². The van der Waals surface area contributed by atoms with Crippen molar-refractivity contribution in [2.45, 2.75) is 12.8 Å². The summed E-state index contributed by atoms with van der Waals surface area (Å²) < 4.78 is 5.17. The Bertz CT molecular complexity index is 787. The minimum absolute atomic E-state index is 0.0397. The maximum Gasteiger partial charge on any atom is 0.253 e. The van der Waals surface area contributed by atoms with Crippen molar-refractivity contribution in [2.75, 3.05) is 25.5 Å². The highest BCUT2D eigenvalue weighted by Crippen LogP contribution is 2.22. The Hall–Kier alpha value is -2.60. The number of ether oxygens (including phenoxy) is 1. The van der Waals surface area contributed by atoms with Crippen LogP contribution in [0.2, 0.25) is 5.02 Å². The number of pyridine rings is 1. The summed E-state index contributed by atoms with van der Waals surface area (Å²) in [6.07, 6.45) is 2.73. The third-order valence-corrected chi connectivity index (χ3v) is 4.67. The lowest BCUT2D eigenvalue weighted by atomic mass is 9.95. The first-order chi connectivity index (χ1) is 12.6. The molecule has 2 heterocycles. The highest BCUT2D eigenvalue weighted by atomic mass is 35.5. The number of amides is 2. The van der Waals surface area contributed by atoms with Gasteiger partial charge in [-0.05, 0) is 43.2 Å². The summed E-state index contributed by atoms with van der Waals surface area (Å²) in [5, 5.41) is 3.32. The summed E-state index contributed by atoms with van der Waals surface area (Å²) in [5.41, 5.74) is 0.595. The lowest BCUT2D eigenvalue weighted by Gasteiger charge is -2.31. The van der Waals surface area contributed by atoms with Crippen LogP contribution in [0.15, 0.2) is 42.6 Å². The number of likely N-dealkylation sites (tertiary alicyclic amines) is 1. The average Bonchev–Trinajstić information content (AvgIpc) is 2.69. The van der Waals surface area contributed by atoms with Crippen LogP contribution in [0, 0.1) is 5.92 Å². The molecular formula is C19H20ClN3O3. The fourth-order valence-electron chi connectivity index (χ4n) is 2.96. The van der Waals surface area contributed by atoms with Gasteiger partial charge in [0.2, 0.25) is 5.91 Å². The normalized spacial score (nSPS) is 14.8. The predicted molar refractivity (Wildman–Crippen MR) is 99.5 cm³/mol. The van der Waals surface area contributed by atoms with E-state index in [0.29, 0.717) is 48.1 Å². The summed E-state index contributed by atoms with van der Waals surface area (Å²) in [4.78, 5) is 30.8. The number of hydrogen-bond acceptors (Lipinski definition) is 4. The van der Waals surface area contributed by atoms with Crippen molar-refractivity contribution in [1.29, 1.82) is 0 Å². The molecule has 1 aromatic heterocycles. The molecule has 0 radical (unpaired) electrons. The molecule has 1 aliphatic rings. The maximum atomic E-state index is 12.6. The van der Waals surface area contributed by atoms with Crippen LogP contribution in [0.3, 0.4) is 0 Å². The van der Waals surface area contributed by atoms with Gasteiger partial charge in [0.15, 0.2) is 0 Å². The molecule has 3 rings (SSSR count). The minimum atomic E-state index is -0.137. The Morgan fingerprint density at radius 1 is 1.23 bits per heavy atom. The topological polar surface area (TPSA) is 71.5 Å². The fourth-order valence-corrected chi connectivity index (χ4v) is 3.07. The van der Waals surface area contributed by atoms with E-state index in [4.69, 9.17) is 16.3 Å². The maximum absolute atomic E-state index is 12.6. The molecule has 26 heavy (non-hydrogen) atoms. The first-order valence-corrected chi connectivity index (χ1v) is 8.80. The van der Waals surface area contributed by atoms with Crippen molar-refractivity contribution in [2.24, 2.45) is 5.92 Å². The standard InChI is InChI=1S/C19H20ClN3O3/c1-26-16-4-2-3-14(11-16)19(25)23-9-7-13(8-10-23)18(24)22-17-6-5-15(20)12-21-17/h2-6,11-13H,7-10H2,1H3,(H,21,22,24). The summed E-state index contributed by atoms with van der Waals surface area (Å²) >= 11 is 5.79. The van der Waals surface area contributed by atoms with Gasteiger partial charge >= 0.3 is 0 Å². The van der Waals surface area contributed by atoms with Crippen LogP contribution in [0.1, 0.15) is 23.2 Å². The van der Waals surface area contributed by atoms with E-state index < -0.39 is 0 Å². The molecular weight excluding hydrogens is 354 g/mol. The SMILES string of the molecule is COc1cccc(C(=O)N2CCC(C(=O)Nc3ccc(Cl)cn3)CC2)c1. The molecule has 0 aliphatic carbocycles. The number of carbonyl (C=O) groups is 2. The summed E-state index contributed by atoms with van der Waals surface area (Å²) in [6.45, 7) is 1.09. The average molecular weight is 374 g/mol. The van der Waals surface area contributed by atoms with E-state index in [-0.39, 0.29) is 17.7 Å². The van der Waals surface area contributed by atoms with Crippen molar-refractivity contribution in [3.63, 3.8) is 0 Å². The molecule has 6 nitrogen and oxygen atoms in total. The number of aromatic nitrogens is 1. The largest absolute Gasteiger partial charge is 0.497 e. The molecule has 0 spiro atoms. The van der Waals surface area contributed by atoms with Crippen LogP contribution < -0.4 is 10.1 Å². The van der Waals surface area contributed by atoms with Crippen molar-refractivity contribution < 1.29 is 14.3 Å². The van der Waals surface area contributed by atoms with E-state index in [1.165, 1.54) is 6.20 Å². The molecule has 2 amide bonds. The van der Waals surface area contributed by atoms with Gasteiger partial charge in [-0.1, -0.05) is 17.7 Å². The van der Waals surface area contributed by atoms with Gasteiger partial charge in [-0.2, -0.15) is 0 Å². The number of carbonyl (C=O) groups excluding carboxylic acids is 2. The summed E-state index contributed by atoms with van der Waals surface area (Å²) in [6, 6.07) is 10.5. The van der Waals surface area contributed by atoms with Crippen LogP contribution in [-0.4, -0.2) is 41.9 Å². The van der Waals surface area contributed by atoms with Crippen LogP contribution in [-0.2, 0) is 4.79 Å². The minimum Gasteiger partial charge on any atom is -0.497 e. The second-order valence-corrected chi connectivity index (χ2v) is 6.59. The number of piperidine rings is 1.